The van der Waals surface area contributed by atoms with Crippen LogP contribution in [0.1, 0.15) is 143 Å². The first-order valence-corrected chi connectivity index (χ1v) is 17.5. The summed E-state index contributed by atoms with van der Waals surface area (Å²) in [5.74, 6) is -2.09. The van der Waals surface area contributed by atoms with Crippen molar-refractivity contribution in [2.75, 3.05) is 26.4 Å². The van der Waals surface area contributed by atoms with Crippen LogP contribution in [0.5, 0.6) is 0 Å². The van der Waals surface area contributed by atoms with Crippen molar-refractivity contribution < 1.29 is 42.9 Å². The van der Waals surface area contributed by atoms with E-state index in [-0.39, 0.29) is 23.1 Å². The molecule has 9 heteroatoms. The maximum Gasteiger partial charge on any atom is 0.344 e. The van der Waals surface area contributed by atoms with Crippen LogP contribution in [-0.4, -0.2) is 50.3 Å². The summed E-state index contributed by atoms with van der Waals surface area (Å²) in [5.41, 5.74) is 1.33. The molecule has 0 atom stereocenters. The van der Waals surface area contributed by atoms with Crippen molar-refractivity contribution in [3.8, 4) is 0 Å². The number of esters is 4. The van der Waals surface area contributed by atoms with Crippen LogP contribution < -0.4 is 0 Å². The number of carbonyl (C=O) groups excluding carboxylic acids is 4. The lowest BCUT2D eigenvalue weighted by molar-refractivity contribution is -0.154. The van der Waals surface area contributed by atoms with Gasteiger partial charge in [0, 0.05) is 11.1 Å². The SMILES string of the molecule is C=C(C)C(=O)OCCCCCCCCCCCOC=C(C)C(=O)OC(=O)C(C)=COCCCCCCCCCCCOC(=O)C(=C)C. The molecule has 0 radical (unpaired) electrons. The van der Waals surface area contributed by atoms with Crippen molar-refractivity contribution in [3.63, 3.8) is 0 Å². The average molecular weight is 663 g/mol. The zero-order valence-electron chi connectivity index (χ0n) is 29.8. The fourth-order valence-electron chi connectivity index (χ4n) is 4.34. The van der Waals surface area contributed by atoms with Gasteiger partial charge in [0.1, 0.15) is 0 Å². The third-order valence-electron chi connectivity index (χ3n) is 7.33. The smallest absolute Gasteiger partial charge is 0.344 e. The minimum atomic E-state index is -0.733. The fourth-order valence-corrected chi connectivity index (χ4v) is 4.34. The van der Waals surface area contributed by atoms with E-state index in [1.807, 2.05) is 0 Å². The van der Waals surface area contributed by atoms with Gasteiger partial charge in [0.05, 0.1) is 50.1 Å². The quantitative estimate of drug-likeness (QED) is 0.0185. The second-order valence-corrected chi connectivity index (χ2v) is 12.2. The lowest BCUT2D eigenvalue weighted by atomic mass is 10.1. The van der Waals surface area contributed by atoms with Crippen molar-refractivity contribution in [3.05, 3.63) is 48.0 Å². The summed E-state index contributed by atoms with van der Waals surface area (Å²) >= 11 is 0. The highest BCUT2D eigenvalue weighted by molar-refractivity contribution is 6.01. The molecule has 0 amide bonds. The Morgan fingerprint density at radius 3 is 0.936 bits per heavy atom. The molecule has 0 bridgehead atoms. The van der Waals surface area contributed by atoms with E-state index in [2.05, 4.69) is 13.2 Å². The van der Waals surface area contributed by atoms with Crippen LogP contribution in [0.4, 0.5) is 0 Å². The van der Waals surface area contributed by atoms with E-state index in [1.54, 1.807) is 27.7 Å². The topological polar surface area (TPSA) is 114 Å². The number of rotatable bonds is 30. The Bertz CT molecular complexity index is 915. The Kier molecular flexibility index (Phi) is 27.9. The van der Waals surface area contributed by atoms with Crippen LogP contribution in [0.3, 0.4) is 0 Å². The molecule has 0 aliphatic rings. The van der Waals surface area contributed by atoms with Crippen molar-refractivity contribution in [2.45, 2.75) is 143 Å². The molecule has 0 aliphatic carbocycles. The second-order valence-electron chi connectivity index (χ2n) is 12.2. The molecule has 0 N–H and O–H groups in total. The third kappa shape index (κ3) is 27.5. The maximum absolute atomic E-state index is 12.2. The summed E-state index contributed by atoms with van der Waals surface area (Å²) in [4.78, 5) is 47.0. The van der Waals surface area contributed by atoms with Gasteiger partial charge in [-0.3, -0.25) is 0 Å². The predicted octanol–water partition coefficient (Wildman–Crippen LogP) is 9.16. The lowest BCUT2D eigenvalue weighted by Crippen LogP contribution is -2.14. The van der Waals surface area contributed by atoms with Crippen LogP contribution >= 0.6 is 0 Å². The van der Waals surface area contributed by atoms with Crippen molar-refractivity contribution in [2.24, 2.45) is 0 Å². The molecule has 0 aromatic rings. The number of hydrogen-bond donors (Lipinski definition) is 0. The molecule has 0 saturated carbocycles. The highest BCUT2D eigenvalue weighted by atomic mass is 16.6. The lowest BCUT2D eigenvalue weighted by Gasteiger charge is -2.06. The first-order valence-electron chi connectivity index (χ1n) is 17.5. The Labute approximate surface area is 284 Å². The standard InChI is InChI=1S/C38H62O9/c1-31(2)35(39)45-27-23-19-15-11-7-9-13-17-21-25-43-29-33(5)37(41)47-38(42)34(6)30-44-26-22-18-14-10-8-12-16-20-24-28-46-36(40)32(3)4/h29-30H,1,3,7-28H2,2,4-6H3. The Balaban J connectivity index is 3.71. The largest absolute Gasteiger partial charge is 0.501 e. The highest BCUT2D eigenvalue weighted by Crippen LogP contribution is 2.12. The zero-order valence-corrected chi connectivity index (χ0v) is 29.8. The van der Waals surface area contributed by atoms with E-state index in [0.29, 0.717) is 37.6 Å². The zero-order chi connectivity index (χ0) is 35.1. The average Bonchev–Trinajstić information content (AvgIpc) is 3.04. The normalized spacial score (nSPS) is 11.5. The fraction of sp³-hybridized carbons (Fsp3) is 0.684. The van der Waals surface area contributed by atoms with E-state index in [0.717, 1.165) is 77.0 Å². The molecule has 0 unspecified atom stereocenters. The van der Waals surface area contributed by atoms with E-state index < -0.39 is 11.9 Å². The van der Waals surface area contributed by atoms with Gasteiger partial charge in [0.2, 0.25) is 0 Å². The second kappa shape index (κ2) is 30.0. The van der Waals surface area contributed by atoms with E-state index in [1.165, 1.54) is 51.0 Å². The predicted molar refractivity (Wildman–Crippen MR) is 185 cm³/mol. The van der Waals surface area contributed by atoms with Crippen LogP contribution in [0.15, 0.2) is 48.0 Å². The first kappa shape index (κ1) is 43.6. The molecular weight excluding hydrogens is 600 g/mol. The molecule has 0 heterocycles. The third-order valence-corrected chi connectivity index (χ3v) is 7.33. The molecule has 268 valence electrons. The van der Waals surface area contributed by atoms with Crippen molar-refractivity contribution >= 4 is 23.9 Å². The molecule has 9 nitrogen and oxygen atoms in total. The number of ether oxygens (including phenoxy) is 5. The number of unbranched alkanes of at least 4 members (excludes halogenated alkanes) is 16. The van der Waals surface area contributed by atoms with Gasteiger partial charge < -0.3 is 23.7 Å². The van der Waals surface area contributed by atoms with Crippen molar-refractivity contribution in [1.82, 2.24) is 0 Å². The Morgan fingerprint density at radius 1 is 0.404 bits per heavy atom. The molecular formula is C38H62O9. The minimum Gasteiger partial charge on any atom is -0.501 e. The summed E-state index contributed by atoms with van der Waals surface area (Å²) in [6, 6.07) is 0. The van der Waals surface area contributed by atoms with Crippen LogP contribution in [-0.2, 0) is 42.9 Å². The summed E-state index contributed by atoms with van der Waals surface area (Å²) < 4.78 is 26.0. The van der Waals surface area contributed by atoms with Gasteiger partial charge in [-0.1, -0.05) is 103 Å². The van der Waals surface area contributed by atoms with Crippen LogP contribution in [0.2, 0.25) is 0 Å². The summed E-state index contributed by atoms with van der Waals surface area (Å²) in [7, 11) is 0. The molecule has 0 saturated heterocycles. The summed E-state index contributed by atoms with van der Waals surface area (Å²) in [6.45, 7) is 15.5. The first-order chi connectivity index (χ1) is 22.6. The molecule has 0 fully saturated rings. The molecule has 0 rings (SSSR count). The van der Waals surface area contributed by atoms with Gasteiger partial charge in [-0.2, -0.15) is 0 Å². The molecule has 0 aromatic carbocycles. The van der Waals surface area contributed by atoms with Crippen LogP contribution in [0.25, 0.3) is 0 Å². The van der Waals surface area contributed by atoms with Crippen LogP contribution in [0, 0.1) is 0 Å². The van der Waals surface area contributed by atoms with E-state index in [4.69, 9.17) is 23.7 Å². The monoisotopic (exact) mass is 662 g/mol. The summed E-state index contributed by atoms with van der Waals surface area (Å²) in [6.07, 6.45) is 22.1. The van der Waals surface area contributed by atoms with E-state index in [9.17, 15) is 19.2 Å². The van der Waals surface area contributed by atoms with Gasteiger partial charge in [-0.15, -0.1) is 0 Å². The van der Waals surface area contributed by atoms with Gasteiger partial charge in [-0.05, 0) is 53.4 Å². The molecule has 0 aliphatic heterocycles. The molecule has 0 aromatic heterocycles. The van der Waals surface area contributed by atoms with Gasteiger partial charge in [0.15, 0.2) is 0 Å². The molecule has 0 spiro atoms. The van der Waals surface area contributed by atoms with Gasteiger partial charge in [0.25, 0.3) is 0 Å². The van der Waals surface area contributed by atoms with Crippen molar-refractivity contribution in [1.29, 1.82) is 0 Å². The Morgan fingerprint density at radius 2 is 0.660 bits per heavy atom. The van der Waals surface area contributed by atoms with E-state index >= 15 is 0 Å². The Hall–Kier alpha value is -3.36. The molecule has 47 heavy (non-hydrogen) atoms. The number of carbonyl (C=O) groups is 4. The number of hydrogen-bond acceptors (Lipinski definition) is 9. The van der Waals surface area contributed by atoms with Gasteiger partial charge >= 0.3 is 23.9 Å². The minimum absolute atomic E-state index is 0.227. The maximum atomic E-state index is 12.2. The van der Waals surface area contributed by atoms with Gasteiger partial charge in [-0.25, -0.2) is 19.2 Å². The highest BCUT2D eigenvalue weighted by Gasteiger charge is 2.15. The summed E-state index contributed by atoms with van der Waals surface area (Å²) in [5, 5.41) is 0.